The van der Waals surface area contributed by atoms with E-state index in [-0.39, 0.29) is 17.9 Å². The lowest BCUT2D eigenvalue weighted by molar-refractivity contribution is -0.384. The van der Waals surface area contributed by atoms with E-state index >= 15 is 0 Å². The van der Waals surface area contributed by atoms with E-state index in [1.807, 2.05) is 29.1 Å². The number of nitro benzene ring substituents is 1. The number of nitro groups is 1. The van der Waals surface area contributed by atoms with Crippen molar-refractivity contribution in [3.8, 4) is 11.4 Å². The number of rotatable bonds is 5. The summed E-state index contributed by atoms with van der Waals surface area (Å²) in [5.74, 6) is 1.37. The van der Waals surface area contributed by atoms with Crippen molar-refractivity contribution in [3.05, 3.63) is 76.5 Å². The van der Waals surface area contributed by atoms with Gasteiger partial charge in [-0.25, -0.2) is 14.6 Å². The van der Waals surface area contributed by atoms with Crippen molar-refractivity contribution >= 4 is 22.5 Å². The molecule has 2 fully saturated rings. The summed E-state index contributed by atoms with van der Waals surface area (Å²) in [7, 11) is 0. The van der Waals surface area contributed by atoms with E-state index in [0.29, 0.717) is 12.4 Å². The third kappa shape index (κ3) is 3.70. The topological polar surface area (TPSA) is 99.2 Å². The average molecular weight is 442 g/mol. The minimum absolute atomic E-state index is 0.0407. The van der Waals surface area contributed by atoms with Crippen LogP contribution >= 0.6 is 0 Å². The number of ether oxygens (including phenoxy) is 1. The standard InChI is InChI=1S/C24H22N6O3/c31-30(32)18-8-6-17(7-9-18)22-26-23(28-14-19-10-11-20(15-28)33-19)21-12-25-29(24(21)27-22)13-16-4-2-1-3-5-16/h1-9,12,19-20H,10-11,13-15H2. The molecule has 0 amide bonds. The van der Waals surface area contributed by atoms with Crippen LogP contribution in [0.1, 0.15) is 18.4 Å². The molecule has 2 aromatic carbocycles. The third-order valence-corrected chi connectivity index (χ3v) is 6.33. The first-order chi connectivity index (χ1) is 16.1. The van der Waals surface area contributed by atoms with Crippen LogP contribution in [0.15, 0.2) is 60.8 Å². The van der Waals surface area contributed by atoms with Crippen LogP contribution in [0, 0.1) is 10.1 Å². The first kappa shape index (κ1) is 19.8. The largest absolute Gasteiger partial charge is 0.371 e. The van der Waals surface area contributed by atoms with Gasteiger partial charge >= 0.3 is 0 Å². The van der Waals surface area contributed by atoms with Gasteiger partial charge in [0.15, 0.2) is 11.5 Å². The van der Waals surface area contributed by atoms with Gasteiger partial charge in [0.05, 0.1) is 35.3 Å². The smallest absolute Gasteiger partial charge is 0.269 e. The van der Waals surface area contributed by atoms with Crippen LogP contribution in [-0.2, 0) is 11.3 Å². The number of fused-ring (bicyclic) bond motifs is 3. The summed E-state index contributed by atoms with van der Waals surface area (Å²) in [6.07, 6.45) is 4.41. The third-order valence-electron chi connectivity index (χ3n) is 6.33. The molecule has 0 saturated carbocycles. The molecule has 6 rings (SSSR count). The van der Waals surface area contributed by atoms with Gasteiger partial charge in [0.2, 0.25) is 0 Å². The van der Waals surface area contributed by atoms with Crippen molar-refractivity contribution in [3.63, 3.8) is 0 Å². The van der Waals surface area contributed by atoms with E-state index in [1.165, 1.54) is 12.1 Å². The predicted molar refractivity (Wildman–Crippen MR) is 123 cm³/mol. The summed E-state index contributed by atoms with van der Waals surface area (Å²) in [5, 5.41) is 16.6. The zero-order valence-electron chi connectivity index (χ0n) is 17.9. The van der Waals surface area contributed by atoms with Crippen LogP contribution in [-0.4, -0.2) is 50.0 Å². The molecule has 9 heteroatoms. The summed E-state index contributed by atoms with van der Waals surface area (Å²) in [6, 6.07) is 16.5. The van der Waals surface area contributed by atoms with E-state index in [2.05, 4.69) is 22.1 Å². The Hall–Kier alpha value is -3.85. The zero-order valence-corrected chi connectivity index (χ0v) is 17.9. The lowest BCUT2D eigenvalue weighted by atomic mass is 10.2. The number of non-ortho nitro benzene ring substituents is 1. The van der Waals surface area contributed by atoms with E-state index in [0.717, 1.165) is 53.9 Å². The van der Waals surface area contributed by atoms with Crippen LogP contribution in [0.25, 0.3) is 22.4 Å². The lowest BCUT2D eigenvalue weighted by Gasteiger charge is -2.33. The summed E-state index contributed by atoms with van der Waals surface area (Å²) in [5.41, 5.74) is 2.64. The fourth-order valence-corrected chi connectivity index (χ4v) is 4.70. The average Bonchev–Trinajstić information content (AvgIpc) is 3.41. The van der Waals surface area contributed by atoms with Gasteiger partial charge in [0, 0.05) is 30.8 Å². The number of morpholine rings is 1. The molecule has 166 valence electrons. The molecule has 4 aromatic rings. The van der Waals surface area contributed by atoms with Crippen LogP contribution in [0.4, 0.5) is 11.5 Å². The number of anilines is 1. The van der Waals surface area contributed by atoms with E-state index < -0.39 is 4.92 Å². The van der Waals surface area contributed by atoms with Crippen LogP contribution in [0.5, 0.6) is 0 Å². The monoisotopic (exact) mass is 442 g/mol. The molecule has 2 bridgehead atoms. The lowest BCUT2D eigenvalue weighted by Crippen LogP contribution is -2.43. The molecule has 33 heavy (non-hydrogen) atoms. The molecule has 4 heterocycles. The van der Waals surface area contributed by atoms with Crippen LogP contribution in [0.2, 0.25) is 0 Å². The fourth-order valence-electron chi connectivity index (χ4n) is 4.70. The number of aromatic nitrogens is 4. The molecule has 2 aliphatic heterocycles. The number of benzene rings is 2. The fraction of sp³-hybridized carbons (Fsp3) is 0.292. The number of hydrogen-bond acceptors (Lipinski definition) is 7. The zero-order chi connectivity index (χ0) is 22.4. The Labute approximate surface area is 189 Å². The van der Waals surface area contributed by atoms with Gasteiger partial charge in [-0.1, -0.05) is 30.3 Å². The molecule has 2 atom stereocenters. The Balaban J connectivity index is 1.46. The molecule has 2 aromatic heterocycles. The Morgan fingerprint density at radius 2 is 1.73 bits per heavy atom. The van der Waals surface area contributed by atoms with Crippen molar-refractivity contribution in [1.29, 1.82) is 0 Å². The maximum Gasteiger partial charge on any atom is 0.269 e. The number of nitrogens with zero attached hydrogens (tertiary/aromatic N) is 6. The summed E-state index contributed by atoms with van der Waals surface area (Å²) < 4.78 is 7.91. The molecule has 0 aliphatic carbocycles. The van der Waals surface area contributed by atoms with Gasteiger partial charge in [0.1, 0.15) is 5.82 Å². The van der Waals surface area contributed by atoms with Crippen molar-refractivity contribution < 1.29 is 9.66 Å². The van der Waals surface area contributed by atoms with E-state index in [9.17, 15) is 10.1 Å². The quantitative estimate of drug-likeness (QED) is 0.342. The van der Waals surface area contributed by atoms with Gasteiger partial charge in [-0.2, -0.15) is 5.10 Å². The molecule has 2 saturated heterocycles. The van der Waals surface area contributed by atoms with E-state index in [1.54, 1.807) is 12.1 Å². The highest BCUT2D eigenvalue weighted by molar-refractivity contribution is 5.89. The summed E-state index contributed by atoms with van der Waals surface area (Å²) >= 11 is 0. The first-order valence-electron chi connectivity index (χ1n) is 11.1. The Bertz CT molecular complexity index is 1310. The molecule has 0 N–H and O–H groups in total. The molecule has 9 nitrogen and oxygen atoms in total. The first-order valence-corrected chi connectivity index (χ1v) is 11.1. The van der Waals surface area contributed by atoms with Crippen molar-refractivity contribution in [1.82, 2.24) is 19.7 Å². The maximum absolute atomic E-state index is 11.1. The predicted octanol–water partition coefficient (Wildman–Crippen LogP) is 3.82. The van der Waals surface area contributed by atoms with Gasteiger partial charge in [0.25, 0.3) is 5.69 Å². The highest BCUT2D eigenvalue weighted by atomic mass is 16.6. The molecular formula is C24H22N6O3. The Kier molecular flexibility index (Phi) is 4.76. The van der Waals surface area contributed by atoms with Crippen LogP contribution in [0.3, 0.4) is 0 Å². The second-order valence-electron chi connectivity index (χ2n) is 8.56. The normalized spacial score (nSPS) is 19.8. The molecule has 0 spiro atoms. The molecular weight excluding hydrogens is 420 g/mol. The molecule has 2 unspecified atom stereocenters. The van der Waals surface area contributed by atoms with Gasteiger partial charge in [-0.05, 0) is 30.5 Å². The minimum atomic E-state index is -0.405. The summed E-state index contributed by atoms with van der Waals surface area (Å²) in [4.78, 5) is 22.7. The van der Waals surface area contributed by atoms with Gasteiger partial charge < -0.3 is 9.64 Å². The van der Waals surface area contributed by atoms with Crippen LogP contribution < -0.4 is 4.90 Å². The highest BCUT2D eigenvalue weighted by Crippen LogP contribution is 2.34. The second-order valence-corrected chi connectivity index (χ2v) is 8.56. The number of hydrogen-bond donors (Lipinski definition) is 0. The second kappa shape index (κ2) is 7.93. The van der Waals surface area contributed by atoms with E-state index in [4.69, 9.17) is 14.7 Å². The van der Waals surface area contributed by atoms with Crippen molar-refractivity contribution in [2.45, 2.75) is 31.6 Å². The Morgan fingerprint density at radius 1 is 1.00 bits per heavy atom. The van der Waals surface area contributed by atoms with Crippen molar-refractivity contribution in [2.75, 3.05) is 18.0 Å². The minimum Gasteiger partial charge on any atom is -0.371 e. The molecule has 0 radical (unpaired) electrons. The van der Waals surface area contributed by atoms with Crippen molar-refractivity contribution in [2.24, 2.45) is 0 Å². The molecule has 2 aliphatic rings. The highest BCUT2D eigenvalue weighted by Gasteiger charge is 2.35. The van der Waals surface area contributed by atoms with Gasteiger partial charge in [-0.15, -0.1) is 0 Å². The maximum atomic E-state index is 11.1. The van der Waals surface area contributed by atoms with Gasteiger partial charge in [-0.3, -0.25) is 10.1 Å². The Morgan fingerprint density at radius 3 is 2.42 bits per heavy atom. The summed E-state index contributed by atoms with van der Waals surface area (Å²) in [6.45, 7) is 2.16. The SMILES string of the molecule is O=[N+]([O-])c1ccc(-c2nc(N3CC4CCC(C3)O4)c3cnn(Cc4ccccc4)c3n2)cc1.